The first-order valence-corrected chi connectivity index (χ1v) is 7.14. The van der Waals surface area contributed by atoms with Crippen molar-refractivity contribution >= 4 is 5.84 Å². The molecule has 20 heavy (non-hydrogen) atoms. The van der Waals surface area contributed by atoms with E-state index in [1.54, 1.807) is 0 Å². The van der Waals surface area contributed by atoms with Gasteiger partial charge in [-0.1, -0.05) is 18.5 Å². The van der Waals surface area contributed by atoms with E-state index in [-0.39, 0.29) is 11.9 Å². The number of hydrogen-bond donors (Lipinski definition) is 2. The van der Waals surface area contributed by atoms with Gasteiger partial charge in [0.25, 0.3) is 0 Å². The lowest BCUT2D eigenvalue weighted by Gasteiger charge is -2.28. The van der Waals surface area contributed by atoms with Gasteiger partial charge in [-0.3, -0.25) is 0 Å². The van der Waals surface area contributed by atoms with Gasteiger partial charge in [-0.25, -0.2) is 4.98 Å². The van der Waals surface area contributed by atoms with E-state index in [9.17, 15) is 0 Å². The molecule has 0 spiro atoms. The van der Waals surface area contributed by atoms with Gasteiger partial charge >= 0.3 is 0 Å². The molecular formula is C15H23N3O2. The number of rotatable bonds is 3. The van der Waals surface area contributed by atoms with Crippen molar-refractivity contribution in [3.63, 3.8) is 0 Å². The van der Waals surface area contributed by atoms with Gasteiger partial charge in [0.1, 0.15) is 6.10 Å². The summed E-state index contributed by atoms with van der Waals surface area (Å²) in [4.78, 5) is 4.43. The third-order valence-electron chi connectivity index (χ3n) is 3.84. The topological polar surface area (TPSA) is 80.7 Å². The van der Waals surface area contributed by atoms with Crippen LogP contribution in [0.3, 0.4) is 0 Å². The van der Waals surface area contributed by atoms with E-state index < -0.39 is 0 Å². The molecule has 0 saturated heterocycles. The highest BCUT2D eigenvalue weighted by atomic mass is 16.5. The van der Waals surface area contributed by atoms with Crippen LogP contribution in [0.1, 0.15) is 49.4 Å². The third-order valence-corrected chi connectivity index (χ3v) is 3.84. The summed E-state index contributed by atoms with van der Waals surface area (Å²) >= 11 is 0. The Morgan fingerprint density at radius 3 is 2.85 bits per heavy atom. The Kier molecular flexibility index (Phi) is 4.47. The first-order chi connectivity index (χ1) is 9.51. The minimum Gasteiger partial charge on any atom is -0.474 e. The van der Waals surface area contributed by atoms with Crippen molar-refractivity contribution in [2.45, 2.75) is 52.6 Å². The van der Waals surface area contributed by atoms with Crippen molar-refractivity contribution in [1.82, 2.24) is 4.98 Å². The zero-order chi connectivity index (χ0) is 14.7. The number of nitrogens with two attached hydrogens (primary N) is 1. The van der Waals surface area contributed by atoms with Crippen LogP contribution in [0.2, 0.25) is 0 Å². The molecule has 1 fully saturated rings. The molecule has 0 bridgehead atoms. The van der Waals surface area contributed by atoms with Crippen LogP contribution in [0.4, 0.5) is 0 Å². The van der Waals surface area contributed by atoms with Crippen molar-refractivity contribution in [1.29, 1.82) is 0 Å². The highest BCUT2D eigenvalue weighted by Crippen LogP contribution is 2.29. The minimum absolute atomic E-state index is 0.0499. The summed E-state index contributed by atoms with van der Waals surface area (Å²) in [5.41, 5.74) is 8.13. The van der Waals surface area contributed by atoms with Crippen LogP contribution >= 0.6 is 0 Å². The van der Waals surface area contributed by atoms with Crippen molar-refractivity contribution < 1.29 is 9.94 Å². The Hall–Kier alpha value is -1.78. The average Bonchev–Trinajstić information content (AvgIpc) is 2.37. The van der Waals surface area contributed by atoms with E-state index in [0.29, 0.717) is 17.4 Å². The first-order valence-electron chi connectivity index (χ1n) is 7.14. The lowest BCUT2D eigenvalue weighted by Crippen LogP contribution is -2.26. The van der Waals surface area contributed by atoms with Crippen LogP contribution in [0, 0.1) is 19.8 Å². The van der Waals surface area contributed by atoms with Gasteiger partial charge in [0.05, 0.1) is 5.56 Å². The van der Waals surface area contributed by atoms with Gasteiger partial charge < -0.3 is 15.7 Å². The Balaban J connectivity index is 2.30. The highest BCUT2D eigenvalue weighted by Gasteiger charge is 2.23. The Labute approximate surface area is 119 Å². The predicted octanol–water partition coefficient (Wildman–Crippen LogP) is 2.75. The fourth-order valence-electron chi connectivity index (χ4n) is 2.89. The zero-order valence-electron chi connectivity index (χ0n) is 12.4. The first kappa shape index (κ1) is 14.6. The zero-order valence-corrected chi connectivity index (χ0v) is 12.4. The molecule has 1 aliphatic carbocycles. The van der Waals surface area contributed by atoms with Crippen LogP contribution in [-0.2, 0) is 0 Å². The number of nitrogens with zero attached hydrogens (tertiary/aromatic N) is 2. The number of amidine groups is 1. The molecule has 1 aromatic rings. The van der Waals surface area contributed by atoms with Crippen LogP contribution in [-0.4, -0.2) is 22.1 Å². The van der Waals surface area contributed by atoms with E-state index in [1.165, 1.54) is 12.8 Å². The molecule has 110 valence electrons. The number of pyridine rings is 1. The molecule has 1 aliphatic rings. The van der Waals surface area contributed by atoms with Gasteiger partial charge in [0, 0.05) is 5.69 Å². The molecule has 5 heteroatoms. The minimum atomic E-state index is 0.0499. The molecule has 2 rings (SSSR count). The number of hydrogen-bond acceptors (Lipinski definition) is 4. The van der Waals surface area contributed by atoms with Crippen LogP contribution < -0.4 is 10.5 Å². The van der Waals surface area contributed by atoms with Crippen LogP contribution in [0.15, 0.2) is 11.2 Å². The third kappa shape index (κ3) is 3.21. The number of ether oxygens (including phenoxy) is 1. The molecule has 5 nitrogen and oxygen atoms in total. The standard InChI is InChI=1S/C15H23N3O2/c1-9-5-4-6-12(7-9)20-15-13(14(16)18-19)10(2)8-11(3)17-15/h8-9,12,19H,4-7H2,1-3H3,(H2,16,18). The van der Waals surface area contributed by atoms with Gasteiger partial charge in [-0.05, 0) is 50.7 Å². The molecule has 2 atom stereocenters. The van der Waals surface area contributed by atoms with Crippen molar-refractivity contribution in [2.24, 2.45) is 16.8 Å². The maximum absolute atomic E-state index is 8.93. The molecule has 2 unspecified atom stereocenters. The maximum atomic E-state index is 8.93. The van der Waals surface area contributed by atoms with E-state index >= 15 is 0 Å². The Bertz CT molecular complexity index is 514. The Morgan fingerprint density at radius 2 is 2.20 bits per heavy atom. The fourth-order valence-corrected chi connectivity index (χ4v) is 2.89. The molecule has 1 saturated carbocycles. The molecule has 1 aromatic heterocycles. The van der Waals surface area contributed by atoms with Crippen molar-refractivity contribution in [3.8, 4) is 5.88 Å². The van der Waals surface area contributed by atoms with Gasteiger partial charge in [0.2, 0.25) is 5.88 Å². The van der Waals surface area contributed by atoms with Gasteiger partial charge in [-0.2, -0.15) is 0 Å². The van der Waals surface area contributed by atoms with Gasteiger partial charge in [-0.15, -0.1) is 0 Å². The van der Waals surface area contributed by atoms with Crippen molar-refractivity contribution in [3.05, 3.63) is 22.9 Å². The SMILES string of the molecule is Cc1cc(C)c(/C(N)=N/O)c(OC2CCCC(C)C2)n1. The Morgan fingerprint density at radius 1 is 1.45 bits per heavy atom. The molecule has 0 radical (unpaired) electrons. The molecule has 3 N–H and O–H groups in total. The summed E-state index contributed by atoms with van der Waals surface area (Å²) in [6.07, 6.45) is 4.67. The fraction of sp³-hybridized carbons (Fsp3) is 0.600. The molecular weight excluding hydrogens is 254 g/mol. The quantitative estimate of drug-likeness (QED) is 0.385. The van der Waals surface area contributed by atoms with Crippen LogP contribution in [0.25, 0.3) is 0 Å². The number of aryl methyl sites for hydroxylation is 2. The van der Waals surface area contributed by atoms with E-state index in [1.807, 2.05) is 19.9 Å². The number of aromatic nitrogens is 1. The second kappa shape index (κ2) is 6.11. The summed E-state index contributed by atoms with van der Waals surface area (Å²) in [5.74, 6) is 1.21. The smallest absolute Gasteiger partial charge is 0.225 e. The largest absolute Gasteiger partial charge is 0.474 e. The normalized spacial score (nSPS) is 23.6. The van der Waals surface area contributed by atoms with Crippen LogP contribution in [0.5, 0.6) is 5.88 Å². The maximum Gasteiger partial charge on any atom is 0.225 e. The van der Waals surface area contributed by atoms with E-state index in [4.69, 9.17) is 15.7 Å². The van der Waals surface area contributed by atoms with Gasteiger partial charge in [0.15, 0.2) is 5.84 Å². The summed E-state index contributed by atoms with van der Waals surface area (Å²) in [6, 6.07) is 1.91. The monoisotopic (exact) mass is 277 g/mol. The summed E-state index contributed by atoms with van der Waals surface area (Å²) in [7, 11) is 0. The summed E-state index contributed by atoms with van der Waals surface area (Å²) in [5, 5.41) is 12.0. The lowest BCUT2D eigenvalue weighted by atomic mass is 9.89. The van der Waals surface area contributed by atoms with E-state index in [2.05, 4.69) is 17.1 Å². The number of oxime groups is 1. The van der Waals surface area contributed by atoms with Crippen molar-refractivity contribution in [2.75, 3.05) is 0 Å². The highest BCUT2D eigenvalue weighted by molar-refractivity contribution is 6.00. The molecule has 0 aromatic carbocycles. The predicted molar refractivity (Wildman–Crippen MR) is 78.3 cm³/mol. The average molecular weight is 277 g/mol. The summed E-state index contributed by atoms with van der Waals surface area (Å²) in [6.45, 7) is 6.08. The summed E-state index contributed by atoms with van der Waals surface area (Å²) < 4.78 is 6.06. The second-order valence-electron chi connectivity index (χ2n) is 5.76. The molecule has 1 heterocycles. The molecule has 0 aliphatic heterocycles. The second-order valence-corrected chi connectivity index (χ2v) is 5.76. The van der Waals surface area contributed by atoms with E-state index in [0.717, 1.165) is 24.1 Å². The lowest BCUT2D eigenvalue weighted by molar-refractivity contribution is 0.123. The molecule has 0 amide bonds.